The van der Waals surface area contributed by atoms with Gasteiger partial charge in [-0.1, -0.05) is 72.8 Å². The smallest absolute Gasteiger partial charge is 0.127 e. The van der Waals surface area contributed by atoms with Crippen molar-refractivity contribution in [1.82, 2.24) is 30.0 Å². The zero-order valence-electron chi connectivity index (χ0n) is 22.8. The van der Waals surface area contributed by atoms with Crippen LogP contribution in [-0.4, -0.2) is 41.7 Å². The first kappa shape index (κ1) is 25.2. The van der Waals surface area contributed by atoms with Gasteiger partial charge in [0.25, 0.3) is 0 Å². The van der Waals surface area contributed by atoms with Crippen molar-refractivity contribution in [2.75, 3.05) is 6.61 Å². The molecule has 0 saturated carbocycles. The van der Waals surface area contributed by atoms with E-state index in [1.165, 1.54) is 0 Å². The summed E-state index contributed by atoms with van der Waals surface area (Å²) in [5.74, 6) is 1.15. The highest BCUT2D eigenvalue weighted by molar-refractivity contribution is 5.95. The Labute approximate surface area is 241 Å². The molecule has 0 amide bonds. The Hall–Kier alpha value is -5.76. The fourth-order valence-corrected chi connectivity index (χ4v) is 5.09. The maximum Gasteiger partial charge on any atom is 0.127 e. The van der Waals surface area contributed by atoms with Crippen molar-refractivity contribution >= 4 is 43.6 Å². The Morgan fingerprint density at radius 1 is 0.500 bits per heavy atom. The van der Waals surface area contributed by atoms with Crippen LogP contribution in [0.3, 0.4) is 0 Å². The molecular formula is C34H26N6O2. The minimum Gasteiger partial charge on any atom is -0.507 e. The summed E-state index contributed by atoms with van der Waals surface area (Å²) < 4.78 is 5.72. The molecule has 8 nitrogen and oxygen atoms in total. The summed E-state index contributed by atoms with van der Waals surface area (Å²) in [6, 6.07) is 39.0. The molecule has 0 aliphatic carbocycles. The SMILES string of the molecule is CCOc1ccc(-n2nc3ccccc3n2)c2ccccc12.Oc1ccc(-n2nc3ccccc3n2)c2ccccc12. The van der Waals surface area contributed by atoms with Crippen molar-refractivity contribution < 1.29 is 9.84 Å². The number of phenolic OH excluding ortho intramolecular Hbond substituents is 1. The van der Waals surface area contributed by atoms with Crippen LogP contribution in [0.5, 0.6) is 11.5 Å². The van der Waals surface area contributed by atoms with Gasteiger partial charge in [0.1, 0.15) is 33.6 Å². The van der Waals surface area contributed by atoms with E-state index in [-0.39, 0.29) is 5.75 Å². The lowest BCUT2D eigenvalue weighted by molar-refractivity contribution is 0.344. The lowest BCUT2D eigenvalue weighted by Gasteiger charge is -2.10. The number of aromatic hydroxyl groups is 1. The zero-order valence-corrected chi connectivity index (χ0v) is 22.8. The summed E-state index contributed by atoms with van der Waals surface area (Å²) in [5, 5.41) is 31.9. The van der Waals surface area contributed by atoms with Gasteiger partial charge in [-0.25, -0.2) is 0 Å². The fraction of sp³-hybridized carbons (Fsp3) is 0.0588. The second-order valence-electron chi connectivity index (χ2n) is 9.67. The van der Waals surface area contributed by atoms with Crippen LogP contribution < -0.4 is 4.74 Å². The zero-order chi connectivity index (χ0) is 28.5. The molecule has 8 rings (SSSR count). The molecule has 1 N–H and O–H groups in total. The van der Waals surface area contributed by atoms with E-state index in [0.29, 0.717) is 6.61 Å². The third kappa shape index (κ3) is 4.54. The molecule has 0 saturated heterocycles. The minimum atomic E-state index is 0.265. The first-order valence-corrected chi connectivity index (χ1v) is 13.7. The van der Waals surface area contributed by atoms with Crippen LogP contribution in [0.25, 0.3) is 55.0 Å². The first-order valence-electron chi connectivity index (χ1n) is 13.7. The quantitative estimate of drug-likeness (QED) is 0.248. The number of nitrogens with zero attached hydrogens (tertiary/aromatic N) is 6. The summed E-state index contributed by atoms with van der Waals surface area (Å²) in [4.78, 5) is 3.31. The highest BCUT2D eigenvalue weighted by atomic mass is 16.5. The molecule has 0 unspecified atom stereocenters. The molecule has 204 valence electrons. The molecule has 0 bridgehead atoms. The largest absolute Gasteiger partial charge is 0.507 e. The average molecular weight is 551 g/mol. The lowest BCUT2D eigenvalue weighted by Crippen LogP contribution is -2.01. The van der Waals surface area contributed by atoms with Crippen LogP contribution in [0, 0.1) is 0 Å². The van der Waals surface area contributed by atoms with Gasteiger partial charge < -0.3 is 9.84 Å². The minimum absolute atomic E-state index is 0.265. The van der Waals surface area contributed by atoms with E-state index in [4.69, 9.17) is 4.74 Å². The molecule has 0 spiro atoms. The predicted octanol–water partition coefficient (Wildman–Crippen LogP) is 7.25. The summed E-state index contributed by atoms with van der Waals surface area (Å²) in [5.41, 5.74) is 5.29. The number of fused-ring (bicyclic) bond motifs is 4. The van der Waals surface area contributed by atoms with Gasteiger partial charge in [-0.3, -0.25) is 0 Å². The van der Waals surface area contributed by atoms with Gasteiger partial charge in [0.2, 0.25) is 0 Å². The van der Waals surface area contributed by atoms with Crippen LogP contribution >= 0.6 is 0 Å². The monoisotopic (exact) mass is 550 g/mol. The highest BCUT2D eigenvalue weighted by Crippen LogP contribution is 2.31. The average Bonchev–Trinajstić information content (AvgIpc) is 3.67. The van der Waals surface area contributed by atoms with Crippen LogP contribution in [0.1, 0.15) is 6.92 Å². The highest BCUT2D eigenvalue weighted by Gasteiger charge is 2.12. The first-order chi connectivity index (χ1) is 20.7. The molecule has 8 heteroatoms. The predicted molar refractivity (Wildman–Crippen MR) is 166 cm³/mol. The van der Waals surface area contributed by atoms with Crippen molar-refractivity contribution in [2.24, 2.45) is 0 Å². The number of benzene rings is 6. The topological polar surface area (TPSA) is 90.9 Å². The van der Waals surface area contributed by atoms with E-state index >= 15 is 0 Å². The molecule has 0 radical (unpaired) electrons. The van der Waals surface area contributed by atoms with Crippen LogP contribution in [-0.2, 0) is 0 Å². The van der Waals surface area contributed by atoms with Crippen LogP contribution in [0.15, 0.2) is 121 Å². The number of phenols is 1. The molecule has 42 heavy (non-hydrogen) atoms. The van der Waals surface area contributed by atoms with E-state index in [1.807, 2.05) is 110 Å². The van der Waals surface area contributed by atoms with Gasteiger partial charge in [-0.15, -0.1) is 30.0 Å². The summed E-state index contributed by atoms with van der Waals surface area (Å²) >= 11 is 0. The van der Waals surface area contributed by atoms with Gasteiger partial charge in [0.05, 0.1) is 18.0 Å². The van der Waals surface area contributed by atoms with Crippen molar-refractivity contribution in [3.8, 4) is 22.9 Å². The van der Waals surface area contributed by atoms with Gasteiger partial charge in [-0.05, 0) is 55.5 Å². The Morgan fingerprint density at radius 2 is 0.905 bits per heavy atom. The van der Waals surface area contributed by atoms with Crippen LogP contribution in [0.2, 0.25) is 0 Å². The normalized spacial score (nSPS) is 11.2. The van der Waals surface area contributed by atoms with Gasteiger partial charge in [0, 0.05) is 21.5 Å². The maximum atomic E-state index is 9.93. The Balaban J connectivity index is 0.000000138. The Bertz CT molecular complexity index is 2130. The number of ether oxygens (including phenoxy) is 1. The molecule has 2 aromatic heterocycles. The molecule has 6 aromatic carbocycles. The second kappa shape index (κ2) is 10.7. The number of aromatic nitrogens is 6. The standard InChI is InChI=1S/C18H15N3O.C16H11N3O/c1-2-22-18-12-11-17(13-7-3-4-8-14(13)18)21-19-15-9-5-6-10-16(15)20-21;20-16-10-9-15(11-5-1-2-6-12(11)16)19-17-13-7-3-4-8-14(13)18-19/h3-12H,2H2,1H3;1-10,20H. The third-order valence-corrected chi connectivity index (χ3v) is 7.04. The van der Waals surface area contributed by atoms with E-state index in [1.54, 1.807) is 15.7 Å². The molecule has 2 heterocycles. The summed E-state index contributed by atoms with van der Waals surface area (Å²) in [7, 11) is 0. The van der Waals surface area contributed by atoms with Crippen molar-refractivity contribution in [2.45, 2.75) is 6.92 Å². The number of hydrogen-bond acceptors (Lipinski definition) is 6. The van der Waals surface area contributed by atoms with E-state index in [0.717, 1.165) is 60.7 Å². The van der Waals surface area contributed by atoms with Crippen molar-refractivity contribution in [3.63, 3.8) is 0 Å². The Morgan fingerprint density at radius 3 is 1.40 bits per heavy atom. The van der Waals surface area contributed by atoms with E-state index < -0.39 is 0 Å². The van der Waals surface area contributed by atoms with Crippen LogP contribution in [0.4, 0.5) is 0 Å². The van der Waals surface area contributed by atoms with E-state index in [2.05, 4.69) is 32.5 Å². The second-order valence-corrected chi connectivity index (χ2v) is 9.67. The third-order valence-electron chi connectivity index (χ3n) is 7.04. The van der Waals surface area contributed by atoms with Gasteiger partial charge in [0.15, 0.2) is 0 Å². The molecule has 0 aliphatic rings. The molecule has 0 aliphatic heterocycles. The fourth-order valence-electron chi connectivity index (χ4n) is 5.09. The number of rotatable bonds is 4. The summed E-state index contributed by atoms with van der Waals surface area (Å²) in [6.45, 7) is 2.64. The van der Waals surface area contributed by atoms with Gasteiger partial charge >= 0.3 is 0 Å². The lowest BCUT2D eigenvalue weighted by atomic mass is 10.1. The van der Waals surface area contributed by atoms with Gasteiger partial charge in [-0.2, -0.15) is 0 Å². The van der Waals surface area contributed by atoms with Crippen molar-refractivity contribution in [1.29, 1.82) is 0 Å². The molecule has 0 fully saturated rings. The Kier molecular flexibility index (Phi) is 6.41. The molecule has 8 aromatic rings. The number of hydrogen-bond donors (Lipinski definition) is 1. The van der Waals surface area contributed by atoms with E-state index in [9.17, 15) is 5.11 Å². The molecular weight excluding hydrogens is 524 g/mol. The summed E-state index contributed by atoms with van der Waals surface area (Å²) in [6.07, 6.45) is 0. The maximum absolute atomic E-state index is 9.93. The van der Waals surface area contributed by atoms with Crippen molar-refractivity contribution in [3.05, 3.63) is 121 Å². The molecule has 0 atom stereocenters.